The Labute approximate surface area is 138 Å². The van der Waals surface area contributed by atoms with Crippen LogP contribution in [-0.2, 0) is 6.42 Å². The Kier molecular flexibility index (Phi) is 4.57. The van der Waals surface area contributed by atoms with Crippen molar-refractivity contribution < 1.29 is 14.6 Å². The molecule has 0 aliphatic heterocycles. The van der Waals surface area contributed by atoms with Gasteiger partial charge in [0.05, 0.1) is 17.3 Å². The van der Waals surface area contributed by atoms with Gasteiger partial charge in [-0.2, -0.15) is 0 Å². The third-order valence-corrected chi connectivity index (χ3v) is 4.78. The van der Waals surface area contributed by atoms with E-state index in [1.807, 2.05) is 30.3 Å². The monoisotopic (exact) mass is 327 g/mol. The first kappa shape index (κ1) is 15.5. The number of ether oxygens (including phenoxy) is 1. The summed E-state index contributed by atoms with van der Waals surface area (Å²) in [6.45, 7) is 2.31. The molecule has 118 valence electrons. The van der Waals surface area contributed by atoms with Gasteiger partial charge in [0.15, 0.2) is 0 Å². The molecule has 1 aromatic heterocycles. The van der Waals surface area contributed by atoms with Crippen molar-refractivity contribution in [2.45, 2.75) is 19.8 Å². The number of thiazole rings is 1. The second-order valence-electron chi connectivity index (χ2n) is 5.26. The molecule has 0 saturated heterocycles. The van der Waals surface area contributed by atoms with E-state index in [0.717, 1.165) is 34.4 Å². The molecule has 0 radical (unpaired) electrons. The summed E-state index contributed by atoms with van der Waals surface area (Å²) in [7, 11) is 0. The van der Waals surface area contributed by atoms with Crippen molar-refractivity contribution in [1.82, 2.24) is 4.98 Å². The lowest BCUT2D eigenvalue weighted by Gasteiger charge is -2.08. The topological polar surface area (TPSA) is 59.4 Å². The lowest BCUT2D eigenvalue weighted by molar-refractivity contribution is 0.0701. The van der Waals surface area contributed by atoms with Crippen LogP contribution in [0.5, 0.6) is 5.75 Å². The number of fused-ring (bicyclic) bond motifs is 1. The molecule has 0 amide bonds. The Balaban J connectivity index is 1.59. The third-order valence-electron chi connectivity index (χ3n) is 3.58. The largest absolute Gasteiger partial charge is 0.493 e. The zero-order chi connectivity index (χ0) is 16.2. The van der Waals surface area contributed by atoms with Crippen molar-refractivity contribution in [3.8, 4) is 5.75 Å². The molecule has 0 unspecified atom stereocenters. The number of carboxylic acid groups (broad SMARTS) is 1. The molecule has 0 atom stereocenters. The summed E-state index contributed by atoms with van der Waals surface area (Å²) in [6, 6.07) is 14.1. The highest BCUT2D eigenvalue weighted by Gasteiger charge is 2.13. The first-order valence-corrected chi connectivity index (χ1v) is 8.27. The third kappa shape index (κ3) is 3.51. The number of aromatic carboxylic acids is 1. The van der Waals surface area contributed by atoms with Crippen molar-refractivity contribution in [3.05, 3.63) is 58.0 Å². The summed E-state index contributed by atoms with van der Waals surface area (Å²) in [5.74, 6) is -0.0251. The summed E-state index contributed by atoms with van der Waals surface area (Å²) in [5, 5.41) is 12.2. The Bertz CT molecular complexity index is 836. The van der Waals surface area contributed by atoms with Crippen LogP contribution < -0.4 is 4.74 Å². The van der Waals surface area contributed by atoms with Crippen LogP contribution in [0.25, 0.3) is 10.8 Å². The summed E-state index contributed by atoms with van der Waals surface area (Å²) >= 11 is 1.25. The number of aromatic nitrogens is 1. The van der Waals surface area contributed by atoms with Gasteiger partial charge in [-0.25, -0.2) is 9.78 Å². The predicted octanol–water partition coefficient (Wildman–Crippen LogP) is 4.31. The van der Waals surface area contributed by atoms with E-state index in [-0.39, 0.29) is 0 Å². The second kappa shape index (κ2) is 6.79. The SMILES string of the molecule is Cc1nc(CCCOc2cccc3ccccc23)sc1C(=O)O. The number of benzene rings is 2. The average Bonchev–Trinajstić information content (AvgIpc) is 2.93. The molecule has 5 heteroatoms. The van der Waals surface area contributed by atoms with E-state index >= 15 is 0 Å². The Morgan fingerprint density at radius 3 is 2.78 bits per heavy atom. The van der Waals surface area contributed by atoms with Crippen LogP contribution in [-0.4, -0.2) is 22.7 Å². The minimum absolute atomic E-state index is 0.329. The number of aryl methyl sites for hydroxylation is 2. The molecule has 3 rings (SSSR count). The highest BCUT2D eigenvalue weighted by Crippen LogP contribution is 2.25. The standard InChI is InChI=1S/C18H17NO3S/c1-12-17(18(20)21)23-16(19-12)10-5-11-22-15-9-4-7-13-6-2-3-8-14(13)15/h2-4,6-9H,5,10-11H2,1H3,(H,20,21). The van der Waals surface area contributed by atoms with Crippen LogP contribution in [0.4, 0.5) is 0 Å². The smallest absolute Gasteiger partial charge is 0.347 e. The fourth-order valence-corrected chi connectivity index (χ4v) is 3.43. The van der Waals surface area contributed by atoms with Gasteiger partial charge < -0.3 is 9.84 Å². The summed E-state index contributed by atoms with van der Waals surface area (Å²) < 4.78 is 5.89. The van der Waals surface area contributed by atoms with Crippen molar-refractivity contribution in [2.75, 3.05) is 6.61 Å². The normalized spacial score (nSPS) is 10.8. The zero-order valence-electron chi connectivity index (χ0n) is 12.8. The van der Waals surface area contributed by atoms with E-state index in [2.05, 4.69) is 17.1 Å². The van der Waals surface area contributed by atoms with Crippen LogP contribution in [0.15, 0.2) is 42.5 Å². The van der Waals surface area contributed by atoms with Gasteiger partial charge in [0.2, 0.25) is 0 Å². The quantitative estimate of drug-likeness (QED) is 0.685. The molecule has 0 aliphatic carbocycles. The molecular weight excluding hydrogens is 310 g/mol. The predicted molar refractivity (Wildman–Crippen MR) is 91.6 cm³/mol. The fourth-order valence-electron chi connectivity index (χ4n) is 2.48. The van der Waals surface area contributed by atoms with Gasteiger partial charge in [-0.1, -0.05) is 36.4 Å². The molecular formula is C18H17NO3S. The maximum absolute atomic E-state index is 11.0. The molecule has 0 spiro atoms. The number of hydrogen-bond donors (Lipinski definition) is 1. The van der Waals surface area contributed by atoms with E-state index < -0.39 is 5.97 Å². The van der Waals surface area contributed by atoms with Gasteiger partial charge in [0, 0.05) is 11.8 Å². The maximum atomic E-state index is 11.0. The van der Waals surface area contributed by atoms with Gasteiger partial charge >= 0.3 is 5.97 Å². The summed E-state index contributed by atoms with van der Waals surface area (Å²) in [4.78, 5) is 15.7. The fraction of sp³-hybridized carbons (Fsp3) is 0.222. The highest BCUT2D eigenvalue weighted by atomic mass is 32.1. The van der Waals surface area contributed by atoms with E-state index in [1.54, 1.807) is 6.92 Å². The van der Waals surface area contributed by atoms with Gasteiger partial charge in [-0.05, 0) is 24.8 Å². The van der Waals surface area contributed by atoms with Crippen molar-refractivity contribution in [2.24, 2.45) is 0 Å². The molecule has 23 heavy (non-hydrogen) atoms. The minimum atomic E-state index is -0.904. The maximum Gasteiger partial charge on any atom is 0.347 e. The first-order chi connectivity index (χ1) is 11.1. The molecule has 0 aliphatic rings. The second-order valence-corrected chi connectivity index (χ2v) is 6.34. The first-order valence-electron chi connectivity index (χ1n) is 7.45. The molecule has 0 saturated carbocycles. The zero-order valence-corrected chi connectivity index (χ0v) is 13.6. The molecule has 1 N–H and O–H groups in total. The number of nitrogens with zero attached hydrogens (tertiary/aromatic N) is 1. The Morgan fingerprint density at radius 2 is 2.00 bits per heavy atom. The number of hydrogen-bond acceptors (Lipinski definition) is 4. The van der Waals surface area contributed by atoms with Gasteiger partial charge in [0.1, 0.15) is 10.6 Å². The molecule has 4 nitrogen and oxygen atoms in total. The summed E-state index contributed by atoms with van der Waals surface area (Å²) in [5.41, 5.74) is 0.590. The van der Waals surface area contributed by atoms with Crippen LogP contribution in [0.3, 0.4) is 0 Å². The van der Waals surface area contributed by atoms with Gasteiger partial charge in [-0.3, -0.25) is 0 Å². The van der Waals surface area contributed by atoms with Crippen molar-refractivity contribution in [1.29, 1.82) is 0 Å². The number of rotatable bonds is 6. The van der Waals surface area contributed by atoms with Crippen LogP contribution >= 0.6 is 11.3 Å². The molecule has 0 fully saturated rings. The Hall–Kier alpha value is -2.40. The van der Waals surface area contributed by atoms with E-state index in [1.165, 1.54) is 11.3 Å². The van der Waals surface area contributed by atoms with Crippen molar-refractivity contribution in [3.63, 3.8) is 0 Å². The van der Waals surface area contributed by atoms with Crippen LogP contribution in [0.1, 0.15) is 26.8 Å². The van der Waals surface area contributed by atoms with E-state index in [4.69, 9.17) is 9.84 Å². The lowest BCUT2D eigenvalue weighted by atomic mass is 10.1. The summed E-state index contributed by atoms with van der Waals surface area (Å²) in [6.07, 6.45) is 1.53. The minimum Gasteiger partial charge on any atom is -0.493 e. The molecule has 1 heterocycles. The van der Waals surface area contributed by atoms with Crippen LogP contribution in [0.2, 0.25) is 0 Å². The van der Waals surface area contributed by atoms with Crippen molar-refractivity contribution >= 4 is 28.1 Å². The average molecular weight is 327 g/mol. The van der Waals surface area contributed by atoms with E-state index in [9.17, 15) is 4.79 Å². The van der Waals surface area contributed by atoms with Gasteiger partial charge in [-0.15, -0.1) is 11.3 Å². The lowest BCUT2D eigenvalue weighted by Crippen LogP contribution is -1.99. The van der Waals surface area contributed by atoms with Crippen LogP contribution in [0, 0.1) is 6.92 Å². The van der Waals surface area contributed by atoms with Gasteiger partial charge in [0.25, 0.3) is 0 Å². The molecule has 0 bridgehead atoms. The Morgan fingerprint density at radius 1 is 1.22 bits per heavy atom. The highest BCUT2D eigenvalue weighted by molar-refractivity contribution is 7.13. The number of carboxylic acids is 1. The van der Waals surface area contributed by atoms with E-state index in [0.29, 0.717) is 17.2 Å². The number of carbonyl (C=O) groups is 1. The molecule has 2 aromatic carbocycles. The molecule has 3 aromatic rings.